The summed E-state index contributed by atoms with van der Waals surface area (Å²) in [5.74, 6) is 0.142. The van der Waals surface area contributed by atoms with Crippen LogP contribution in [0.3, 0.4) is 0 Å². The van der Waals surface area contributed by atoms with Gasteiger partial charge in [0, 0.05) is 69.8 Å². The van der Waals surface area contributed by atoms with Crippen molar-refractivity contribution in [1.82, 2.24) is 9.80 Å². The lowest BCUT2D eigenvalue weighted by Gasteiger charge is -2.37. The molecule has 198 valence electrons. The predicted octanol–water partition coefficient (Wildman–Crippen LogP) is 2.80. The van der Waals surface area contributed by atoms with Crippen LogP contribution in [0, 0.1) is 5.82 Å². The zero-order valence-corrected chi connectivity index (χ0v) is 21.4. The zero-order chi connectivity index (χ0) is 25.9. The Morgan fingerprint density at radius 2 is 1.65 bits per heavy atom. The van der Waals surface area contributed by atoms with Gasteiger partial charge in [0.05, 0.1) is 12.8 Å². The van der Waals surface area contributed by atoms with Crippen molar-refractivity contribution >= 4 is 29.1 Å². The Morgan fingerprint density at radius 1 is 0.973 bits per heavy atom. The van der Waals surface area contributed by atoms with Crippen LogP contribution in [0.1, 0.15) is 12.0 Å². The number of piperazine rings is 2. The van der Waals surface area contributed by atoms with Gasteiger partial charge in [-0.05, 0) is 55.8 Å². The number of benzene rings is 2. The second kappa shape index (κ2) is 10.8. The first-order chi connectivity index (χ1) is 17.9. The number of aryl methyl sites for hydroxylation is 1. The van der Waals surface area contributed by atoms with E-state index >= 15 is 0 Å². The van der Waals surface area contributed by atoms with Crippen LogP contribution in [0.25, 0.3) is 0 Å². The van der Waals surface area contributed by atoms with Crippen molar-refractivity contribution in [3.8, 4) is 5.75 Å². The molecule has 2 saturated heterocycles. The molecule has 9 nitrogen and oxygen atoms in total. The summed E-state index contributed by atoms with van der Waals surface area (Å²) in [6.07, 6.45) is 0.136. The molecule has 0 aromatic heterocycles. The van der Waals surface area contributed by atoms with E-state index in [2.05, 4.69) is 27.1 Å². The van der Waals surface area contributed by atoms with E-state index in [0.29, 0.717) is 50.5 Å². The van der Waals surface area contributed by atoms with Gasteiger partial charge in [-0.15, -0.1) is 0 Å². The number of rotatable bonds is 4. The largest absolute Gasteiger partial charge is 0.478 e. The highest BCUT2D eigenvalue weighted by atomic mass is 19.1. The highest BCUT2D eigenvalue weighted by Crippen LogP contribution is 2.39. The molecule has 1 unspecified atom stereocenters. The van der Waals surface area contributed by atoms with Gasteiger partial charge in [-0.25, -0.2) is 9.18 Å². The molecule has 0 aliphatic carbocycles. The van der Waals surface area contributed by atoms with Gasteiger partial charge in [-0.3, -0.25) is 4.79 Å². The molecule has 2 amide bonds. The SMILES string of the molecule is COC(=O)N1CCN(c2ccc(NC(=O)C3CCc4cc(F)cc(N5CCN([11CH3])CC5)c4O3)cc2)CC1. The summed E-state index contributed by atoms with van der Waals surface area (Å²) >= 11 is 0. The second-order valence-corrected chi connectivity index (χ2v) is 9.83. The number of amides is 2. The first kappa shape index (κ1) is 25.1. The van der Waals surface area contributed by atoms with Gasteiger partial charge in [-0.1, -0.05) is 0 Å². The fourth-order valence-electron chi connectivity index (χ4n) is 5.17. The summed E-state index contributed by atoms with van der Waals surface area (Å²) in [5.41, 5.74) is 3.27. The van der Waals surface area contributed by atoms with E-state index in [1.165, 1.54) is 19.2 Å². The minimum Gasteiger partial charge on any atom is -0.478 e. The summed E-state index contributed by atoms with van der Waals surface area (Å²) < 4.78 is 25.4. The Labute approximate surface area is 216 Å². The summed E-state index contributed by atoms with van der Waals surface area (Å²) in [4.78, 5) is 33.1. The van der Waals surface area contributed by atoms with Crippen molar-refractivity contribution in [3.05, 3.63) is 47.8 Å². The number of likely N-dealkylation sites (N-methyl/N-ethyl adjacent to an activating group) is 1. The highest BCUT2D eigenvalue weighted by molar-refractivity contribution is 5.95. The van der Waals surface area contributed by atoms with E-state index < -0.39 is 6.10 Å². The normalized spacial score (nSPS) is 20.2. The molecule has 1 N–H and O–H groups in total. The number of halogens is 1. The number of hydrogen-bond donors (Lipinski definition) is 1. The number of fused-ring (bicyclic) bond motifs is 1. The number of hydrogen-bond acceptors (Lipinski definition) is 7. The van der Waals surface area contributed by atoms with Crippen molar-refractivity contribution in [2.75, 3.05) is 81.6 Å². The lowest BCUT2D eigenvalue weighted by molar-refractivity contribution is -0.123. The maximum atomic E-state index is 14.4. The molecule has 1 atom stereocenters. The van der Waals surface area contributed by atoms with Crippen LogP contribution >= 0.6 is 0 Å². The molecule has 2 aromatic rings. The molecule has 2 aromatic carbocycles. The molecule has 2 fully saturated rings. The van der Waals surface area contributed by atoms with Gasteiger partial charge < -0.3 is 34.4 Å². The lowest BCUT2D eigenvalue weighted by Crippen LogP contribution is -2.48. The van der Waals surface area contributed by atoms with Crippen LogP contribution in [-0.4, -0.2) is 94.4 Å². The first-order valence-electron chi connectivity index (χ1n) is 12.8. The Morgan fingerprint density at radius 3 is 2.32 bits per heavy atom. The molecule has 10 heteroatoms. The van der Waals surface area contributed by atoms with E-state index in [4.69, 9.17) is 9.47 Å². The van der Waals surface area contributed by atoms with E-state index in [0.717, 1.165) is 43.1 Å². The monoisotopic (exact) mass is 510 g/mol. The molecular formula is C27H34FN5O4. The topological polar surface area (TPSA) is 77.6 Å². The van der Waals surface area contributed by atoms with E-state index in [1.807, 2.05) is 24.3 Å². The van der Waals surface area contributed by atoms with E-state index in [9.17, 15) is 14.0 Å². The number of ether oxygens (including phenoxy) is 2. The Bertz CT molecular complexity index is 1130. The molecule has 3 heterocycles. The standard InChI is InChI=1S/C27H34FN5O4/c1-30-9-11-32(12-10-30)23-18-20(28)17-19-3-8-24(37-25(19)23)26(34)29-21-4-6-22(7-5-21)31-13-15-33(16-14-31)27(35)36-2/h4-7,17-18,24H,3,8-16H2,1-2H3,(H,29,34)/i1-1. The van der Waals surface area contributed by atoms with Crippen LogP contribution in [0.2, 0.25) is 0 Å². The molecule has 0 radical (unpaired) electrons. The average Bonchev–Trinajstić information content (AvgIpc) is 2.93. The Balaban J connectivity index is 1.21. The molecule has 3 aliphatic rings. The first-order valence-corrected chi connectivity index (χ1v) is 12.8. The van der Waals surface area contributed by atoms with Gasteiger partial charge in [0.25, 0.3) is 5.91 Å². The maximum absolute atomic E-state index is 14.4. The predicted molar refractivity (Wildman–Crippen MR) is 140 cm³/mol. The zero-order valence-electron chi connectivity index (χ0n) is 21.4. The Kier molecular flexibility index (Phi) is 7.36. The van der Waals surface area contributed by atoms with Crippen LogP contribution in [0.4, 0.5) is 26.2 Å². The van der Waals surface area contributed by atoms with Gasteiger partial charge >= 0.3 is 6.09 Å². The molecular weight excluding hydrogens is 476 g/mol. The number of nitrogens with zero attached hydrogens (tertiary/aromatic N) is 4. The molecule has 0 saturated carbocycles. The number of carbonyl (C=O) groups is 2. The smallest absolute Gasteiger partial charge is 0.409 e. The van der Waals surface area contributed by atoms with Crippen LogP contribution in [0.5, 0.6) is 5.75 Å². The minimum absolute atomic E-state index is 0.209. The maximum Gasteiger partial charge on any atom is 0.409 e. The van der Waals surface area contributed by atoms with Crippen molar-refractivity contribution < 1.29 is 23.5 Å². The molecule has 0 spiro atoms. The molecule has 3 aliphatic heterocycles. The number of carbonyl (C=O) groups excluding carboxylic acids is 2. The van der Waals surface area contributed by atoms with E-state index in [-0.39, 0.29) is 17.8 Å². The molecule has 0 bridgehead atoms. The van der Waals surface area contributed by atoms with Crippen molar-refractivity contribution in [3.63, 3.8) is 0 Å². The van der Waals surface area contributed by atoms with Crippen LogP contribution < -0.4 is 19.9 Å². The fraction of sp³-hybridized carbons (Fsp3) is 0.481. The summed E-state index contributed by atoms with van der Waals surface area (Å²) in [5, 5.41) is 2.97. The van der Waals surface area contributed by atoms with Gasteiger partial charge in [0.2, 0.25) is 0 Å². The summed E-state index contributed by atoms with van der Waals surface area (Å²) in [6, 6.07) is 10.7. The summed E-state index contributed by atoms with van der Waals surface area (Å²) in [6.45, 7) is 6.00. The third-order valence-electron chi connectivity index (χ3n) is 7.40. The van der Waals surface area contributed by atoms with Crippen molar-refractivity contribution in [1.29, 1.82) is 0 Å². The number of anilines is 3. The van der Waals surface area contributed by atoms with Crippen molar-refractivity contribution in [2.45, 2.75) is 18.9 Å². The summed E-state index contributed by atoms with van der Waals surface area (Å²) in [7, 11) is 3.47. The quantitative estimate of drug-likeness (QED) is 0.678. The van der Waals surface area contributed by atoms with Gasteiger partial charge in [0.1, 0.15) is 11.6 Å². The Hall–Kier alpha value is -3.53. The number of methoxy groups -OCH3 is 1. The van der Waals surface area contributed by atoms with Crippen LogP contribution in [0.15, 0.2) is 36.4 Å². The van der Waals surface area contributed by atoms with E-state index in [1.54, 1.807) is 4.90 Å². The minimum atomic E-state index is -0.643. The van der Waals surface area contributed by atoms with Crippen molar-refractivity contribution in [2.24, 2.45) is 0 Å². The molecule has 37 heavy (non-hydrogen) atoms. The second-order valence-electron chi connectivity index (χ2n) is 9.83. The van der Waals surface area contributed by atoms with Crippen LogP contribution in [-0.2, 0) is 16.0 Å². The highest BCUT2D eigenvalue weighted by Gasteiger charge is 2.31. The van der Waals surface area contributed by atoms with Gasteiger partial charge in [-0.2, -0.15) is 0 Å². The molecule has 5 rings (SSSR count). The third-order valence-corrected chi connectivity index (χ3v) is 7.40. The fourth-order valence-corrected chi connectivity index (χ4v) is 5.17. The number of nitrogens with one attached hydrogen (secondary N) is 1. The third kappa shape index (κ3) is 5.58. The van der Waals surface area contributed by atoms with Gasteiger partial charge in [0.15, 0.2) is 6.10 Å². The average molecular weight is 511 g/mol. The lowest BCUT2D eigenvalue weighted by atomic mass is 9.99.